The first-order chi connectivity index (χ1) is 19.2. The Kier molecular flexibility index (Phi) is 7.39. The van der Waals surface area contributed by atoms with Crippen LogP contribution in [0.1, 0.15) is 53.6 Å². The molecule has 1 amide bonds. The maximum Gasteiger partial charge on any atom is 0.255 e. The number of nitrogen functional groups attached to an aromatic ring is 1. The topological polar surface area (TPSA) is 132 Å². The number of amides is 1. The first kappa shape index (κ1) is 26.7. The number of hydrogen-bond acceptors (Lipinski definition) is 7. The lowest BCUT2D eigenvalue weighted by molar-refractivity contribution is 0.102. The van der Waals surface area contributed by atoms with Gasteiger partial charge in [-0.2, -0.15) is 9.97 Å². The van der Waals surface area contributed by atoms with Gasteiger partial charge in [0.1, 0.15) is 5.82 Å². The summed E-state index contributed by atoms with van der Waals surface area (Å²) < 4.78 is 1.92. The minimum Gasteiger partial charge on any atom is -0.392 e. The van der Waals surface area contributed by atoms with Crippen LogP contribution in [0.4, 0.5) is 11.6 Å². The number of nitrogens with two attached hydrogens (primary N) is 1. The molecule has 0 atom stereocenters. The second-order valence-corrected chi connectivity index (χ2v) is 10.5. The molecule has 0 aliphatic carbocycles. The van der Waals surface area contributed by atoms with E-state index in [0.29, 0.717) is 40.4 Å². The summed E-state index contributed by atoms with van der Waals surface area (Å²) in [5.74, 6) is 0.622. The molecule has 0 aliphatic heterocycles. The Morgan fingerprint density at radius 2 is 1.73 bits per heavy atom. The van der Waals surface area contributed by atoms with Crippen LogP contribution < -0.4 is 11.1 Å². The van der Waals surface area contributed by atoms with Crippen molar-refractivity contribution in [1.29, 1.82) is 0 Å². The van der Waals surface area contributed by atoms with Gasteiger partial charge in [0.05, 0.1) is 12.9 Å². The molecule has 9 nitrogen and oxygen atoms in total. The van der Waals surface area contributed by atoms with Crippen LogP contribution in [0.15, 0.2) is 85.5 Å². The molecule has 5 aromatic rings. The van der Waals surface area contributed by atoms with E-state index in [1.54, 1.807) is 42.9 Å². The third-order valence-electron chi connectivity index (χ3n) is 6.64. The summed E-state index contributed by atoms with van der Waals surface area (Å²) in [5.41, 5.74) is 11.2. The number of benzene rings is 3. The van der Waals surface area contributed by atoms with Gasteiger partial charge in [-0.15, -0.1) is 0 Å². The fourth-order valence-electron chi connectivity index (χ4n) is 4.42. The second kappa shape index (κ2) is 11.1. The van der Waals surface area contributed by atoms with Crippen LogP contribution in [-0.2, 0) is 18.4 Å². The van der Waals surface area contributed by atoms with Crippen molar-refractivity contribution in [2.45, 2.75) is 39.2 Å². The van der Waals surface area contributed by atoms with Crippen LogP contribution >= 0.6 is 0 Å². The van der Waals surface area contributed by atoms with Crippen molar-refractivity contribution in [3.8, 4) is 17.1 Å². The van der Waals surface area contributed by atoms with Crippen LogP contribution in [0.2, 0.25) is 0 Å². The molecule has 0 saturated heterocycles. The molecule has 0 unspecified atom stereocenters. The maximum absolute atomic E-state index is 13.0. The number of carbonyl (C=O) groups is 1. The smallest absolute Gasteiger partial charge is 0.255 e. The number of aromatic nitrogens is 5. The van der Waals surface area contributed by atoms with Crippen molar-refractivity contribution in [1.82, 2.24) is 24.5 Å². The molecular weight excluding hydrogens is 502 g/mol. The van der Waals surface area contributed by atoms with E-state index in [2.05, 4.69) is 46.0 Å². The molecule has 4 N–H and O–H groups in total. The summed E-state index contributed by atoms with van der Waals surface area (Å²) >= 11 is 0. The van der Waals surface area contributed by atoms with Gasteiger partial charge in [0.15, 0.2) is 5.82 Å². The zero-order chi connectivity index (χ0) is 28.3. The van der Waals surface area contributed by atoms with E-state index in [0.717, 1.165) is 16.8 Å². The van der Waals surface area contributed by atoms with E-state index in [9.17, 15) is 9.90 Å². The molecule has 5 rings (SSSR count). The molecular formula is C31H31N7O2. The first-order valence-corrected chi connectivity index (χ1v) is 12.9. The predicted molar refractivity (Wildman–Crippen MR) is 155 cm³/mol. The summed E-state index contributed by atoms with van der Waals surface area (Å²) in [6.45, 7) is 6.04. The van der Waals surface area contributed by atoms with Crippen molar-refractivity contribution < 1.29 is 9.90 Å². The summed E-state index contributed by atoms with van der Waals surface area (Å²) in [6, 6.07) is 20.8. The van der Waals surface area contributed by atoms with Gasteiger partial charge in [0, 0.05) is 46.9 Å². The molecule has 0 radical (unpaired) electrons. The van der Waals surface area contributed by atoms with Crippen molar-refractivity contribution in [2.75, 3.05) is 11.1 Å². The van der Waals surface area contributed by atoms with Gasteiger partial charge in [-0.25, -0.2) is 9.97 Å². The SMILES string of the molecule is CC(C)(C)c1ccc(C(=O)Nc2cccc(-c3nc(N)nc(Cc4ccc(-n5ccnc5)cc4)n3)c2CO)cc1. The minimum atomic E-state index is -0.328. The van der Waals surface area contributed by atoms with Gasteiger partial charge in [-0.1, -0.05) is 57.2 Å². The van der Waals surface area contributed by atoms with Gasteiger partial charge in [0.2, 0.25) is 5.95 Å². The highest BCUT2D eigenvalue weighted by molar-refractivity contribution is 6.05. The summed E-state index contributed by atoms with van der Waals surface area (Å²) in [7, 11) is 0. The molecule has 0 bridgehead atoms. The van der Waals surface area contributed by atoms with E-state index in [1.165, 1.54) is 0 Å². The Bertz CT molecular complexity index is 1620. The number of rotatable bonds is 7. The van der Waals surface area contributed by atoms with Gasteiger partial charge >= 0.3 is 0 Å². The lowest BCUT2D eigenvalue weighted by Crippen LogP contribution is -2.15. The Balaban J connectivity index is 1.39. The standard InChI is InChI=1S/C31H31N7O2/c1-31(2,3)22-11-9-21(10-12-22)29(40)34-26-6-4-5-24(25(26)18-39)28-35-27(36-30(32)37-28)17-20-7-13-23(14-8-20)38-16-15-33-19-38/h4-16,19,39H,17-18H2,1-3H3,(H,34,40)(H2,32,35,36,37). The quantitative estimate of drug-likeness (QED) is 0.270. The Morgan fingerprint density at radius 3 is 2.38 bits per heavy atom. The Hall–Kier alpha value is -4.89. The number of aliphatic hydroxyl groups is 1. The van der Waals surface area contributed by atoms with E-state index in [-0.39, 0.29) is 23.9 Å². The van der Waals surface area contributed by atoms with Crippen molar-refractivity contribution >= 4 is 17.5 Å². The predicted octanol–water partition coefficient (Wildman–Crippen LogP) is 4.94. The Morgan fingerprint density at radius 1 is 0.975 bits per heavy atom. The number of carbonyl (C=O) groups excluding carboxylic acids is 1. The minimum absolute atomic E-state index is 0.0113. The summed E-state index contributed by atoms with van der Waals surface area (Å²) in [6.07, 6.45) is 5.80. The highest BCUT2D eigenvalue weighted by Gasteiger charge is 2.18. The first-order valence-electron chi connectivity index (χ1n) is 12.9. The van der Waals surface area contributed by atoms with Crippen molar-refractivity contribution in [3.63, 3.8) is 0 Å². The van der Waals surface area contributed by atoms with Gasteiger partial charge in [-0.3, -0.25) is 4.79 Å². The lowest BCUT2D eigenvalue weighted by atomic mass is 9.86. The molecule has 0 spiro atoms. The molecule has 3 aromatic carbocycles. The second-order valence-electron chi connectivity index (χ2n) is 10.5. The van der Waals surface area contributed by atoms with E-state index < -0.39 is 0 Å². The van der Waals surface area contributed by atoms with Crippen molar-refractivity contribution in [2.24, 2.45) is 0 Å². The fourth-order valence-corrected chi connectivity index (χ4v) is 4.42. The third-order valence-corrected chi connectivity index (χ3v) is 6.64. The number of nitrogens with zero attached hydrogens (tertiary/aromatic N) is 5. The van der Waals surface area contributed by atoms with E-state index in [4.69, 9.17) is 5.73 Å². The third kappa shape index (κ3) is 5.89. The Labute approximate surface area is 232 Å². The highest BCUT2D eigenvalue weighted by atomic mass is 16.3. The molecule has 0 fully saturated rings. The van der Waals surface area contributed by atoms with E-state index >= 15 is 0 Å². The van der Waals surface area contributed by atoms with E-state index in [1.807, 2.05) is 47.2 Å². The highest BCUT2D eigenvalue weighted by Crippen LogP contribution is 2.29. The molecule has 9 heteroatoms. The van der Waals surface area contributed by atoms with Gasteiger partial charge in [0.25, 0.3) is 5.91 Å². The zero-order valence-electron chi connectivity index (χ0n) is 22.7. The number of anilines is 2. The molecule has 202 valence electrons. The average Bonchev–Trinajstić information content (AvgIpc) is 3.48. The summed E-state index contributed by atoms with van der Waals surface area (Å²) in [4.78, 5) is 30.4. The normalized spacial score (nSPS) is 11.4. The average molecular weight is 534 g/mol. The van der Waals surface area contributed by atoms with Crippen LogP contribution in [0.25, 0.3) is 17.1 Å². The molecule has 0 aliphatic rings. The lowest BCUT2D eigenvalue weighted by Gasteiger charge is -2.19. The van der Waals surface area contributed by atoms with Crippen molar-refractivity contribution in [3.05, 3.63) is 114 Å². The van der Waals surface area contributed by atoms with Gasteiger partial charge in [-0.05, 0) is 46.9 Å². The monoisotopic (exact) mass is 533 g/mol. The largest absolute Gasteiger partial charge is 0.392 e. The maximum atomic E-state index is 13.0. The fraction of sp³-hybridized carbons (Fsp3) is 0.194. The van der Waals surface area contributed by atoms with Gasteiger partial charge < -0.3 is 20.7 Å². The number of imidazole rings is 1. The number of nitrogens with one attached hydrogen (secondary N) is 1. The molecule has 40 heavy (non-hydrogen) atoms. The zero-order valence-corrected chi connectivity index (χ0v) is 22.7. The molecule has 2 heterocycles. The van der Waals surface area contributed by atoms with Crippen LogP contribution in [-0.4, -0.2) is 35.5 Å². The van der Waals surface area contributed by atoms with Crippen LogP contribution in [0.5, 0.6) is 0 Å². The molecule has 2 aromatic heterocycles. The molecule has 0 saturated carbocycles. The number of hydrogen-bond donors (Lipinski definition) is 3. The van der Waals surface area contributed by atoms with Crippen LogP contribution in [0, 0.1) is 0 Å². The number of aliphatic hydroxyl groups excluding tert-OH is 1. The summed E-state index contributed by atoms with van der Waals surface area (Å²) in [5, 5.41) is 13.2. The van der Waals surface area contributed by atoms with Crippen LogP contribution in [0.3, 0.4) is 0 Å².